The largest absolute Gasteiger partial charge is 0.339 e. The molecule has 0 aliphatic carbocycles. The van der Waals surface area contributed by atoms with Crippen LogP contribution in [-0.4, -0.2) is 56.3 Å². The Labute approximate surface area is 235 Å². The van der Waals surface area contributed by atoms with Gasteiger partial charge >= 0.3 is 0 Å². The number of nitrogens with one attached hydrogen (secondary N) is 1. The van der Waals surface area contributed by atoms with Gasteiger partial charge in [-0.3, -0.25) is 9.69 Å². The van der Waals surface area contributed by atoms with Crippen LogP contribution in [0.1, 0.15) is 22.7 Å². The maximum atomic E-state index is 13.8. The predicted molar refractivity (Wildman–Crippen MR) is 154 cm³/mol. The molecule has 1 saturated heterocycles. The first-order valence-electron chi connectivity index (χ1n) is 13.4. The Morgan fingerprint density at radius 2 is 1.23 bits per heavy atom. The van der Waals surface area contributed by atoms with Gasteiger partial charge in [-0.15, -0.1) is 0 Å². The maximum absolute atomic E-state index is 13.8. The fourth-order valence-corrected chi connectivity index (χ4v) is 6.39. The number of amides is 1. The highest BCUT2D eigenvalue weighted by atomic mass is 32.2. The fraction of sp³-hybridized carbons (Fsp3) is 0.219. The molecule has 1 heterocycles. The fourth-order valence-electron chi connectivity index (χ4n) is 5.20. The van der Waals surface area contributed by atoms with Crippen molar-refractivity contribution in [2.75, 3.05) is 26.2 Å². The molecule has 0 radical (unpaired) electrons. The summed E-state index contributed by atoms with van der Waals surface area (Å²) in [5, 5.41) is 0. The third kappa shape index (κ3) is 6.65. The summed E-state index contributed by atoms with van der Waals surface area (Å²) in [7, 11) is -4.05. The molecule has 4 aromatic rings. The third-order valence-electron chi connectivity index (χ3n) is 7.22. The van der Waals surface area contributed by atoms with Crippen LogP contribution in [0, 0.1) is 5.82 Å². The summed E-state index contributed by atoms with van der Waals surface area (Å²) in [5.74, 6) is -0.803. The topological polar surface area (TPSA) is 69.7 Å². The van der Waals surface area contributed by atoms with Crippen LogP contribution >= 0.6 is 0 Å². The smallest absolute Gasteiger partial charge is 0.241 e. The number of carbonyl (C=O) groups is 1. The van der Waals surface area contributed by atoms with Gasteiger partial charge in [0.1, 0.15) is 11.9 Å². The molecule has 1 atom stereocenters. The summed E-state index contributed by atoms with van der Waals surface area (Å²) in [6, 6.07) is 33.6. The average molecular weight is 558 g/mol. The van der Waals surface area contributed by atoms with Crippen LogP contribution in [0.3, 0.4) is 0 Å². The van der Waals surface area contributed by atoms with Crippen LogP contribution in [0.4, 0.5) is 4.39 Å². The number of halogens is 1. The number of hydrogen-bond donors (Lipinski definition) is 1. The molecule has 4 aromatic carbocycles. The number of benzene rings is 4. The molecule has 40 heavy (non-hydrogen) atoms. The van der Waals surface area contributed by atoms with Gasteiger partial charge in [-0.2, -0.15) is 4.72 Å². The molecular weight excluding hydrogens is 525 g/mol. The molecule has 1 aliphatic rings. The molecular formula is C32H32FN3O3S. The van der Waals surface area contributed by atoms with E-state index in [2.05, 4.69) is 33.9 Å². The Morgan fingerprint density at radius 1 is 0.725 bits per heavy atom. The zero-order chi connectivity index (χ0) is 28.0. The average Bonchev–Trinajstić information content (AvgIpc) is 2.99. The first-order valence-corrected chi connectivity index (χ1v) is 14.8. The Morgan fingerprint density at radius 3 is 1.75 bits per heavy atom. The Hall–Kier alpha value is -3.85. The second-order valence-electron chi connectivity index (χ2n) is 9.90. The zero-order valence-corrected chi connectivity index (χ0v) is 22.9. The molecule has 1 fully saturated rings. The molecule has 0 spiro atoms. The van der Waals surface area contributed by atoms with Crippen molar-refractivity contribution in [1.29, 1.82) is 0 Å². The van der Waals surface area contributed by atoms with Crippen LogP contribution in [-0.2, 0) is 21.2 Å². The van der Waals surface area contributed by atoms with Crippen molar-refractivity contribution in [1.82, 2.24) is 14.5 Å². The van der Waals surface area contributed by atoms with E-state index in [1.807, 2.05) is 66.7 Å². The number of sulfonamides is 1. The van der Waals surface area contributed by atoms with Crippen molar-refractivity contribution in [2.45, 2.75) is 23.4 Å². The highest BCUT2D eigenvalue weighted by molar-refractivity contribution is 7.89. The van der Waals surface area contributed by atoms with E-state index in [4.69, 9.17) is 0 Å². The molecule has 1 N–H and O–H groups in total. The lowest BCUT2D eigenvalue weighted by atomic mass is 9.96. The Balaban J connectivity index is 1.34. The molecule has 0 bridgehead atoms. The summed E-state index contributed by atoms with van der Waals surface area (Å²) in [4.78, 5) is 17.8. The lowest BCUT2D eigenvalue weighted by molar-refractivity contribution is -0.135. The van der Waals surface area contributed by atoms with Crippen molar-refractivity contribution in [2.24, 2.45) is 0 Å². The van der Waals surface area contributed by atoms with E-state index in [1.165, 1.54) is 23.3 Å². The van der Waals surface area contributed by atoms with Crippen LogP contribution in [0.2, 0.25) is 0 Å². The summed E-state index contributed by atoms with van der Waals surface area (Å²) in [5.41, 5.74) is 3.21. The van der Waals surface area contributed by atoms with Gasteiger partial charge in [0, 0.05) is 26.2 Å². The van der Waals surface area contributed by atoms with Crippen LogP contribution in [0.5, 0.6) is 0 Å². The van der Waals surface area contributed by atoms with Gasteiger partial charge in [0.05, 0.1) is 10.9 Å². The van der Waals surface area contributed by atoms with Gasteiger partial charge < -0.3 is 4.90 Å². The van der Waals surface area contributed by atoms with E-state index in [-0.39, 0.29) is 23.3 Å². The molecule has 1 amide bonds. The first kappa shape index (κ1) is 27.7. The van der Waals surface area contributed by atoms with Crippen LogP contribution in [0.15, 0.2) is 120 Å². The summed E-state index contributed by atoms with van der Waals surface area (Å²) in [6.07, 6.45) is 0.205. The predicted octanol–water partition coefficient (Wildman–Crippen LogP) is 4.65. The van der Waals surface area contributed by atoms with Gasteiger partial charge in [0.25, 0.3) is 0 Å². The monoisotopic (exact) mass is 557 g/mol. The lowest BCUT2D eigenvalue weighted by Crippen LogP contribution is -2.56. The Kier molecular flexibility index (Phi) is 8.69. The van der Waals surface area contributed by atoms with E-state index in [0.717, 1.165) is 17.7 Å². The number of piperazine rings is 1. The van der Waals surface area contributed by atoms with E-state index in [1.54, 1.807) is 4.90 Å². The third-order valence-corrected chi connectivity index (χ3v) is 8.71. The number of nitrogens with zero attached hydrogens (tertiary/aromatic N) is 2. The molecule has 5 rings (SSSR count). The summed E-state index contributed by atoms with van der Waals surface area (Å²) >= 11 is 0. The summed E-state index contributed by atoms with van der Waals surface area (Å²) < 4.78 is 42.4. The van der Waals surface area contributed by atoms with E-state index in [9.17, 15) is 17.6 Å². The molecule has 1 unspecified atom stereocenters. The quantitative estimate of drug-likeness (QED) is 0.325. The standard InChI is InChI=1S/C32H32FN3O3S/c33-28-16-18-29(19-17-28)40(38,39)34-30(24-25-10-4-1-5-11-25)32(37)36-22-20-35(21-23-36)31(26-12-6-2-7-13-26)27-14-8-3-9-15-27/h1-19,30-31,34H,20-24H2. The van der Waals surface area contributed by atoms with Gasteiger partial charge in [-0.25, -0.2) is 12.8 Å². The summed E-state index contributed by atoms with van der Waals surface area (Å²) in [6.45, 7) is 2.23. The van der Waals surface area contributed by atoms with E-state index < -0.39 is 21.9 Å². The van der Waals surface area contributed by atoms with Crippen LogP contribution < -0.4 is 4.72 Å². The minimum Gasteiger partial charge on any atom is -0.339 e. The van der Waals surface area contributed by atoms with E-state index in [0.29, 0.717) is 26.2 Å². The normalized spacial score (nSPS) is 15.2. The van der Waals surface area contributed by atoms with Gasteiger partial charge in [-0.1, -0.05) is 91.0 Å². The number of hydrogen-bond acceptors (Lipinski definition) is 4. The number of rotatable bonds is 9. The minimum atomic E-state index is -4.05. The maximum Gasteiger partial charge on any atom is 0.241 e. The molecule has 1 aliphatic heterocycles. The molecule has 206 valence electrons. The molecule has 6 nitrogen and oxygen atoms in total. The zero-order valence-electron chi connectivity index (χ0n) is 22.1. The van der Waals surface area contributed by atoms with Crippen molar-refractivity contribution < 1.29 is 17.6 Å². The van der Waals surface area contributed by atoms with Gasteiger partial charge in [0.15, 0.2) is 0 Å². The Bertz CT molecular complexity index is 1450. The second-order valence-corrected chi connectivity index (χ2v) is 11.6. The van der Waals surface area contributed by atoms with Crippen molar-refractivity contribution in [3.63, 3.8) is 0 Å². The molecule has 0 saturated carbocycles. The van der Waals surface area contributed by atoms with E-state index >= 15 is 0 Å². The van der Waals surface area contributed by atoms with Gasteiger partial charge in [0.2, 0.25) is 15.9 Å². The first-order chi connectivity index (χ1) is 19.4. The van der Waals surface area contributed by atoms with Crippen molar-refractivity contribution in [3.05, 3.63) is 138 Å². The lowest BCUT2D eigenvalue weighted by Gasteiger charge is -2.40. The highest BCUT2D eigenvalue weighted by Gasteiger charge is 2.33. The highest BCUT2D eigenvalue weighted by Crippen LogP contribution is 2.29. The molecule has 8 heteroatoms. The number of carbonyl (C=O) groups excluding carboxylic acids is 1. The SMILES string of the molecule is O=C(C(Cc1ccccc1)NS(=O)(=O)c1ccc(F)cc1)N1CCN(C(c2ccccc2)c2ccccc2)CC1. The molecule has 0 aromatic heterocycles. The van der Waals surface area contributed by atoms with Gasteiger partial charge in [-0.05, 0) is 47.4 Å². The second kappa shape index (κ2) is 12.6. The van der Waals surface area contributed by atoms with Crippen molar-refractivity contribution >= 4 is 15.9 Å². The van der Waals surface area contributed by atoms with Crippen LogP contribution in [0.25, 0.3) is 0 Å². The van der Waals surface area contributed by atoms with Crippen molar-refractivity contribution in [3.8, 4) is 0 Å². The minimum absolute atomic E-state index is 0.0525.